The first-order valence-electron chi connectivity index (χ1n) is 14.7. The van der Waals surface area contributed by atoms with Gasteiger partial charge in [0.05, 0.1) is 49.9 Å². The molecule has 0 amide bonds. The van der Waals surface area contributed by atoms with Crippen LogP contribution in [0.5, 0.6) is 0 Å². The maximum Gasteiger partial charge on any atom is 0.338 e. The Bertz CT molecular complexity index is 1470. The molecule has 2 bridgehead atoms. The molecule has 0 radical (unpaired) electrons. The number of hydrogen-bond acceptors (Lipinski definition) is 11. The molecule has 0 aliphatic carbocycles. The zero-order chi connectivity index (χ0) is 32.1. The minimum Gasteiger partial charge on any atom is -0.466 e. The van der Waals surface area contributed by atoms with Crippen LogP contribution in [0.25, 0.3) is 0 Å². The summed E-state index contributed by atoms with van der Waals surface area (Å²) in [7, 11) is -0.0400. The molecule has 5 heterocycles. The lowest BCUT2D eigenvalue weighted by molar-refractivity contribution is -0.145. The zero-order valence-electron chi connectivity index (χ0n) is 25.3. The van der Waals surface area contributed by atoms with Crippen molar-refractivity contribution in [1.29, 1.82) is 0 Å². The van der Waals surface area contributed by atoms with Crippen molar-refractivity contribution in [2.24, 2.45) is 16.8 Å². The first-order valence-corrected chi connectivity index (χ1v) is 17.5. The molecule has 3 fully saturated rings. The van der Waals surface area contributed by atoms with E-state index in [0.29, 0.717) is 67.8 Å². The molecule has 0 saturated carbocycles. The quantitative estimate of drug-likeness (QED) is 0.363. The Balaban J connectivity index is 1.49. The van der Waals surface area contributed by atoms with Crippen LogP contribution in [0.15, 0.2) is 46.0 Å². The van der Waals surface area contributed by atoms with Gasteiger partial charge in [-0.25, -0.2) is 23.1 Å². The third kappa shape index (κ3) is 8.16. The summed E-state index contributed by atoms with van der Waals surface area (Å²) in [6, 6.07) is 3.16. The lowest BCUT2D eigenvalue weighted by Gasteiger charge is -2.46. The monoisotopic (exact) mass is 681 g/mol. The van der Waals surface area contributed by atoms with Crippen LogP contribution in [0.4, 0.5) is 4.39 Å². The van der Waals surface area contributed by atoms with Crippen molar-refractivity contribution in [3.05, 3.63) is 62.5 Å². The van der Waals surface area contributed by atoms with Crippen LogP contribution in [0.3, 0.4) is 0 Å². The summed E-state index contributed by atoms with van der Waals surface area (Å²) in [5.74, 6) is -0.972. The topological polar surface area (TPSA) is 131 Å². The van der Waals surface area contributed by atoms with E-state index in [0.717, 1.165) is 0 Å². The number of thiazole rings is 1. The summed E-state index contributed by atoms with van der Waals surface area (Å²) in [5.41, 5.74) is 0.616. The summed E-state index contributed by atoms with van der Waals surface area (Å²) >= 11 is 7.90. The average Bonchev–Trinajstić information content (AvgIpc) is 3.49. The van der Waals surface area contributed by atoms with Crippen LogP contribution in [0.2, 0.25) is 5.02 Å². The molecule has 15 heteroatoms. The average molecular weight is 682 g/mol. The minimum atomic E-state index is -1.35. The van der Waals surface area contributed by atoms with E-state index in [1.54, 1.807) is 19.4 Å². The highest BCUT2D eigenvalue weighted by Crippen LogP contribution is 2.39. The fourth-order valence-electron chi connectivity index (χ4n) is 6.62. The molecule has 2 aromatic rings. The number of ether oxygens (including phenoxy) is 3. The van der Waals surface area contributed by atoms with Crippen LogP contribution in [0, 0.1) is 17.7 Å². The molecule has 0 spiro atoms. The van der Waals surface area contributed by atoms with Gasteiger partial charge in [0.15, 0.2) is 10.8 Å². The second-order valence-corrected chi connectivity index (χ2v) is 14.0. The third-order valence-corrected chi connectivity index (χ3v) is 9.88. The number of carbonyl (C=O) groups excluding carboxylic acids is 2. The SMILES string of the molecule is CCOC(=O)CC1(NS(C)=O)CC2COCC(CN(CC3=C(C(=O)OC)[C@H](c4ccc(F)cc4Cl)N=C(c4nccs4)N3)C2)C1. The van der Waals surface area contributed by atoms with Crippen molar-refractivity contribution in [2.45, 2.75) is 37.8 Å². The normalized spacial score (nSPS) is 26.2. The number of nitrogens with zero attached hydrogens (tertiary/aromatic N) is 3. The second-order valence-electron chi connectivity index (χ2n) is 11.6. The van der Waals surface area contributed by atoms with Gasteiger partial charge in [-0.2, -0.15) is 0 Å². The van der Waals surface area contributed by atoms with Crippen LogP contribution in [-0.4, -0.2) is 90.2 Å². The maximum atomic E-state index is 14.0. The lowest BCUT2D eigenvalue weighted by atomic mass is 9.76. The van der Waals surface area contributed by atoms with Crippen molar-refractivity contribution < 1.29 is 32.4 Å². The number of rotatable bonds is 10. The molecule has 1 aromatic carbocycles. The Morgan fingerprint density at radius 3 is 2.62 bits per heavy atom. The van der Waals surface area contributed by atoms with Gasteiger partial charge in [0.2, 0.25) is 0 Å². The van der Waals surface area contributed by atoms with E-state index in [2.05, 4.69) is 19.9 Å². The number of fused-ring (bicyclic) bond motifs is 6. The molecule has 4 aliphatic heterocycles. The first kappa shape index (κ1) is 33.6. The second kappa shape index (κ2) is 14.8. The number of carbonyl (C=O) groups is 2. The Morgan fingerprint density at radius 2 is 2.02 bits per heavy atom. The molecule has 6 rings (SSSR count). The van der Waals surface area contributed by atoms with Crippen LogP contribution >= 0.6 is 22.9 Å². The summed E-state index contributed by atoms with van der Waals surface area (Å²) in [5, 5.41) is 5.95. The highest BCUT2D eigenvalue weighted by molar-refractivity contribution is 7.82. The summed E-state index contributed by atoms with van der Waals surface area (Å²) in [4.78, 5) is 37.6. The summed E-state index contributed by atoms with van der Waals surface area (Å²) in [6.07, 6.45) is 4.46. The minimum absolute atomic E-state index is 0.0167. The predicted molar refractivity (Wildman–Crippen MR) is 170 cm³/mol. The number of nitrogens with one attached hydrogen (secondary N) is 2. The van der Waals surface area contributed by atoms with Crippen molar-refractivity contribution >= 4 is 51.7 Å². The van der Waals surface area contributed by atoms with Gasteiger partial charge in [-0.05, 0) is 43.7 Å². The predicted octanol–water partition coefficient (Wildman–Crippen LogP) is 3.39. The largest absolute Gasteiger partial charge is 0.466 e. The zero-order valence-corrected chi connectivity index (χ0v) is 27.7. The third-order valence-electron chi connectivity index (χ3n) is 8.05. The number of halogens is 2. The van der Waals surface area contributed by atoms with Gasteiger partial charge in [0.1, 0.15) is 11.9 Å². The van der Waals surface area contributed by atoms with Gasteiger partial charge < -0.3 is 19.5 Å². The van der Waals surface area contributed by atoms with Gasteiger partial charge in [0.25, 0.3) is 0 Å². The van der Waals surface area contributed by atoms with E-state index < -0.39 is 34.4 Å². The Morgan fingerprint density at radius 1 is 1.29 bits per heavy atom. The van der Waals surface area contributed by atoms with Crippen LogP contribution in [0.1, 0.15) is 42.8 Å². The highest BCUT2D eigenvalue weighted by Gasteiger charge is 2.43. The Labute approximate surface area is 273 Å². The van der Waals surface area contributed by atoms with Crippen molar-refractivity contribution in [3.8, 4) is 0 Å². The van der Waals surface area contributed by atoms with Crippen LogP contribution < -0.4 is 10.0 Å². The Hall–Kier alpha value is -2.75. The molecule has 3 saturated heterocycles. The molecule has 11 nitrogen and oxygen atoms in total. The van der Waals surface area contributed by atoms with E-state index >= 15 is 0 Å². The van der Waals surface area contributed by atoms with E-state index in [9.17, 15) is 18.2 Å². The van der Waals surface area contributed by atoms with Crippen LogP contribution in [-0.2, 0) is 34.8 Å². The Kier molecular flexibility index (Phi) is 11.0. The lowest BCUT2D eigenvalue weighted by Crippen LogP contribution is -2.56. The number of aromatic nitrogens is 1. The van der Waals surface area contributed by atoms with E-state index in [1.165, 1.54) is 36.6 Å². The van der Waals surface area contributed by atoms with Gasteiger partial charge in [0, 0.05) is 59.3 Å². The van der Waals surface area contributed by atoms with Gasteiger partial charge in [-0.3, -0.25) is 14.7 Å². The molecule has 3 unspecified atom stereocenters. The van der Waals surface area contributed by atoms with Gasteiger partial charge >= 0.3 is 11.9 Å². The molecule has 2 N–H and O–H groups in total. The highest BCUT2D eigenvalue weighted by atomic mass is 35.5. The van der Waals surface area contributed by atoms with E-state index in [1.807, 2.05) is 5.38 Å². The number of aliphatic imine (C=N–C) groups is 1. The van der Waals surface area contributed by atoms with Gasteiger partial charge in [-0.15, -0.1) is 11.3 Å². The molecule has 4 aliphatic rings. The number of amidine groups is 1. The first-order chi connectivity index (χ1) is 21.6. The van der Waals surface area contributed by atoms with E-state index in [-0.39, 0.29) is 41.4 Å². The molecular weight excluding hydrogens is 645 g/mol. The molecule has 45 heavy (non-hydrogen) atoms. The summed E-state index contributed by atoms with van der Waals surface area (Å²) in [6.45, 7) is 4.49. The summed E-state index contributed by atoms with van der Waals surface area (Å²) < 4.78 is 46.3. The fraction of sp³-hybridized carbons (Fsp3) is 0.533. The maximum absolute atomic E-state index is 14.0. The van der Waals surface area contributed by atoms with Crippen molar-refractivity contribution in [3.63, 3.8) is 0 Å². The molecule has 244 valence electrons. The molecule has 1 aromatic heterocycles. The number of benzene rings is 1. The molecular formula is C30H37ClFN5O6S2. The van der Waals surface area contributed by atoms with Crippen molar-refractivity contribution in [2.75, 3.05) is 52.8 Å². The van der Waals surface area contributed by atoms with Gasteiger partial charge in [-0.1, -0.05) is 17.7 Å². The smallest absolute Gasteiger partial charge is 0.338 e. The van der Waals surface area contributed by atoms with E-state index in [4.69, 9.17) is 30.8 Å². The number of methoxy groups -OCH3 is 1. The number of hydrogen-bond donors (Lipinski definition) is 2. The van der Waals surface area contributed by atoms with Crippen molar-refractivity contribution in [1.82, 2.24) is 19.9 Å². The number of esters is 2. The fourth-order valence-corrected chi connectivity index (χ4v) is 8.33. The standard InChI is InChI=1S/C30H37ClFN5O6S2/c1-4-43-24(38)12-30(36-45(3)40)10-18-13-37(14-19(11-30)17-42-16-18)15-23-25(29(39)41-2)26(21-6-5-20(32)9-22(21)31)35-27(34-23)28-33-7-8-44-28/h5-9,18-19,26,36H,4,10-17H2,1-3H3,(H,34,35)/t18?,19?,26-,30?,45?/m0/s1. The molecule has 4 atom stereocenters.